The zero-order chi connectivity index (χ0) is 15.8. The van der Waals surface area contributed by atoms with Crippen molar-refractivity contribution in [3.05, 3.63) is 52.0 Å². The minimum Gasteiger partial charge on any atom is -0.383 e. The summed E-state index contributed by atoms with van der Waals surface area (Å²) in [6, 6.07) is 9.70. The molecule has 0 aliphatic heterocycles. The number of hydrogen-bond donors (Lipinski definition) is 2. The molecule has 0 aliphatic rings. The van der Waals surface area contributed by atoms with E-state index in [-0.39, 0.29) is 37.3 Å². The highest BCUT2D eigenvalue weighted by atomic mass is 35.5. The summed E-state index contributed by atoms with van der Waals surface area (Å²) in [5.41, 5.74) is 7.82. The van der Waals surface area contributed by atoms with Gasteiger partial charge in [0.25, 0.3) is 0 Å². The van der Waals surface area contributed by atoms with Gasteiger partial charge in [0.1, 0.15) is 6.04 Å². The van der Waals surface area contributed by atoms with E-state index in [0.717, 1.165) is 23.5 Å². The normalized spacial score (nSPS) is 11.1. The lowest BCUT2D eigenvalue weighted by Crippen LogP contribution is -2.43. The predicted octanol–water partition coefficient (Wildman–Crippen LogP) is 2.36. The van der Waals surface area contributed by atoms with E-state index in [1.165, 1.54) is 12.7 Å². The van der Waals surface area contributed by atoms with Gasteiger partial charge in [0.2, 0.25) is 5.91 Å². The molecule has 1 atom stereocenters. The van der Waals surface area contributed by atoms with Crippen LogP contribution in [0.2, 0.25) is 0 Å². The van der Waals surface area contributed by atoms with Crippen LogP contribution in [0, 0.1) is 0 Å². The molecule has 1 unspecified atom stereocenters. The van der Waals surface area contributed by atoms with E-state index in [1.807, 2.05) is 23.6 Å². The van der Waals surface area contributed by atoms with Gasteiger partial charge < -0.3 is 15.8 Å². The first-order chi connectivity index (χ1) is 10.7. The lowest BCUT2D eigenvalue weighted by atomic mass is 10.1. The average molecular weight is 392 g/mol. The SMILES string of the molecule is COCC(N)C(=O)NCc1csc(CCc2ccccc2)n1.Cl.Cl. The van der Waals surface area contributed by atoms with Gasteiger partial charge in [0.05, 0.1) is 23.9 Å². The third-order valence-corrected chi connectivity index (χ3v) is 4.15. The van der Waals surface area contributed by atoms with Crippen LogP contribution in [0.4, 0.5) is 0 Å². The Kier molecular flexibility index (Phi) is 11.6. The van der Waals surface area contributed by atoms with Crippen molar-refractivity contribution in [2.24, 2.45) is 5.73 Å². The van der Waals surface area contributed by atoms with Crippen LogP contribution in [0.25, 0.3) is 0 Å². The second-order valence-corrected chi connectivity index (χ2v) is 5.94. The van der Waals surface area contributed by atoms with E-state index >= 15 is 0 Å². The second-order valence-electron chi connectivity index (χ2n) is 5.00. The van der Waals surface area contributed by atoms with E-state index in [9.17, 15) is 4.79 Å². The average Bonchev–Trinajstić information content (AvgIpc) is 3.00. The summed E-state index contributed by atoms with van der Waals surface area (Å²) in [6.45, 7) is 0.614. The number of halogens is 2. The van der Waals surface area contributed by atoms with E-state index in [4.69, 9.17) is 10.5 Å². The van der Waals surface area contributed by atoms with Crippen molar-refractivity contribution in [1.29, 1.82) is 0 Å². The van der Waals surface area contributed by atoms with Crippen molar-refractivity contribution in [2.75, 3.05) is 13.7 Å². The van der Waals surface area contributed by atoms with Gasteiger partial charge in [-0.05, 0) is 12.0 Å². The molecule has 0 saturated carbocycles. The molecule has 0 radical (unpaired) electrons. The number of amides is 1. The molecule has 2 rings (SSSR count). The highest BCUT2D eigenvalue weighted by Crippen LogP contribution is 2.13. The zero-order valence-corrected chi connectivity index (χ0v) is 15.9. The van der Waals surface area contributed by atoms with Gasteiger partial charge in [0, 0.05) is 18.9 Å². The Labute approximate surface area is 158 Å². The number of carbonyl (C=O) groups is 1. The van der Waals surface area contributed by atoms with Crippen LogP contribution in [-0.4, -0.2) is 30.6 Å². The number of carbonyl (C=O) groups excluding carboxylic acids is 1. The van der Waals surface area contributed by atoms with Crippen LogP contribution in [0.15, 0.2) is 35.7 Å². The third-order valence-electron chi connectivity index (χ3n) is 3.20. The number of methoxy groups -OCH3 is 1. The van der Waals surface area contributed by atoms with E-state index in [1.54, 1.807) is 11.3 Å². The van der Waals surface area contributed by atoms with Crippen molar-refractivity contribution in [3.63, 3.8) is 0 Å². The van der Waals surface area contributed by atoms with E-state index in [2.05, 4.69) is 22.4 Å². The Balaban J connectivity index is 0.00000264. The van der Waals surface area contributed by atoms with E-state index in [0.29, 0.717) is 6.54 Å². The Morgan fingerprint density at radius 2 is 2.00 bits per heavy atom. The molecule has 1 aromatic carbocycles. The van der Waals surface area contributed by atoms with Crippen molar-refractivity contribution < 1.29 is 9.53 Å². The number of hydrogen-bond acceptors (Lipinski definition) is 5. The molecule has 24 heavy (non-hydrogen) atoms. The molecular formula is C16H23Cl2N3O2S. The Morgan fingerprint density at radius 3 is 2.67 bits per heavy atom. The molecule has 0 fully saturated rings. The number of aromatic nitrogens is 1. The largest absolute Gasteiger partial charge is 0.383 e. The fraction of sp³-hybridized carbons (Fsp3) is 0.375. The molecule has 1 amide bonds. The van der Waals surface area contributed by atoms with E-state index < -0.39 is 6.04 Å². The highest BCUT2D eigenvalue weighted by molar-refractivity contribution is 7.09. The second kappa shape index (κ2) is 12.2. The maximum absolute atomic E-state index is 11.7. The molecular weight excluding hydrogens is 369 g/mol. The predicted molar refractivity (Wildman–Crippen MR) is 102 cm³/mol. The van der Waals surface area contributed by atoms with Crippen molar-refractivity contribution >= 4 is 42.1 Å². The quantitative estimate of drug-likeness (QED) is 0.723. The number of thiazole rings is 1. The number of ether oxygens (including phenoxy) is 1. The minimum absolute atomic E-state index is 0. The van der Waals surface area contributed by atoms with Gasteiger partial charge in [-0.25, -0.2) is 4.98 Å². The third kappa shape index (κ3) is 7.59. The summed E-state index contributed by atoms with van der Waals surface area (Å²) in [6.07, 6.45) is 1.88. The monoisotopic (exact) mass is 391 g/mol. The van der Waals surface area contributed by atoms with Gasteiger partial charge in [0.15, 0.2) is 0 Å². The number of nitrogens with two attached hydrogens (primary N) is 1. The summed E-state index contributed by atoms with van der Waals surface area (Å²) in [5.74, 6) is -0.222. The number of benzene rings is 1. The molecule has 8 heteroatoms. The Morgan fingerprint density at radius 1 is 1.29 bits per heavy atom. The molecule has 3 N–H and O–H groups in total. The number of nitrogens with zero attached hydrogens (tertiary/aromatic N) is 1. The molecule has 134 valence electrons. The van der Waals surface area contributed by atoms with Gasteiger partial charge in [-0.3, -0.25) is 4.79 Å². The smallest absolute Gasteiger partial charge is 0.239 e. The fourth-order valence-corrected chi connectivity index (χ4v) is 2.80. The van der Waals surface area contributed by atoms with Crippen LogP contribution in [0.5, 0.6) is 0 Å². The van der Waals surface area contributed by atoms with Gasteiger partial charge in [-0.1, -0.05) is 30.3 Å². The summed E-state index contributed by atoms with van der Waals surface area (Å²) >= 11 is 1.62. The Bertz CT molecular complexity index is 596. The zero-order valence-electron chi connectivity index (χ0n) is 13.4. The molecule has 0 bridgehead atoms. The first-order valence-electron chi connectivity index (χ1n) is 7.18. The fourth-order valence-electron chi connectivity index (χ4n) is 2.00. The molecule has 0 saturated heterocycles. The molecule has 1 heterocycles. The number of nitrogens with one attached hydrogen (secondary N) is 1. The highest BCUT2D eigenvalue weighted by Gasteiger charge is 2.13. The molecule has 0 aliphatic carbocycles. The van der Waals surface area contributed by atoms with Crippen LogP contribution in [-0.2, 0) is 28.9 Å². The number of rotatable bonds is 8. The first kappa shape index (κ1) is 22.8. The summed E-state index contributed by atoms with van der Waals surface area (Å²) in [4.78, 5) is 16.2. The van der Waals surface area contributed by atoms with Crippen LogP contribution in [0.1, 0.15) is 16.3 Å². The summed E-state index contributed by atoms with van der Waals surface area (Å²) in [5, 5.41) is 5.82. The summed E-state index contributed by atoms with van der Waals surface area (Å²) < 4.78 is 4.86. The van der Waals surface area contributed by atoms with Crippen molar-refractivity contribution in [1.82, 2.24) is 10.3 Å². The van der Waals surface area contributed by atoms with Crippen LogP contribution >= 0.6 is 36.2 Å². The molecule has 1 aromatic heterocycles. The number of aryl methyl sites for hydroxylation is 2. The van der Waals surface area contributed by atoms with Crippen molar-refractivity contribution in [2.45, 2.75) is 25.4 Å². The maximum Gasteiger partial charge on any atom is 0.239 e. The summed E-state index contributed by atoms with van der Waals surface area (Å²) in [7, 11) is 1.52. The Hall–Kier alpha value is -1.18. The lowest BCUT2D eigenvalue weighted by molar-refractivity contribution is -0.123. The van der Waals surface area contributed by atoms with Gasteiger partial charge in [-0.2, -0.15) is 0 Å². The van der Waals surface area contributed by atoms with Gasteiger partial charge >= 0.3 is 0 Å². The molecule has 2 aromatic rings. The van der Waals surface area contributed by atoms with Crippen LogP contribution < -0.4 is 11.1 Å². The molecule has 0 spiro atoms. The lowest BCUT2D eigenvalue weighted by Gasteiger charge is -2.09. The van der Waals surface area contributed by atoms with Gasteiger partial charge in [-0.15, -0.1) is 36.2 Å². The molecule has 5 nitrogen and oxygen atoms in total. The van der Waals surface area contributed by atoms with Crippen molar-refractivity contribution in [3.8, 4) is 0 Å². The first-order valence-corrected chi connectivity index (χ1v) is 8.06. The van der Waals surface area contributed by atoms with Crippen LogP contribution in [0.3, 0.4) is 0 Å². The topological polar surface area (TPSA) is 77.2 Å². The minimum atomic E-state index is -0.638. The maximum atomic E-state index is 11.7. The standard InChI is InChI=1S/C16H21N3O2S.2ClH/c1-21-10-14(17)16(20)18-9-13-11-22-15(19-13)8-7-12-5-3-2-4-6-12;;/h2-6,11,14H,7-10,17H2,1H3,(H,18,20);2*1H.